The Morgan fingerprint density at radius 2 is 1.57 bits per heavy atom. The smallest absolute Gasteiger partial charge is 0.194 e. The van der Waals surface area contributed by atoms with E-state index in [2.05, 4.69) is 5.32 Å². The highest BCUT2D eigenvalue weighted by Gasteiger charge is 2.21. The van der Waals surface area contributed by atoms with Crippen molar-refractivity contribution in [1.82, 2.24) is 5.32 Å². The first kappa shape index (κ1) is 11.3. The predicted molar refractivity (Wildman–Crippen MR) is 49.2 cm³/mol. The second-order valence-corrected chi connectivity index (χ2v) is 3.15. The van der Waals surface area contributed by atoms with Gasteiger partial charge in [0.2, 0.25) is 0 Å². The average molecular weight is 224 g/mol. The van der Waals surface area contributed by atoms with Crippen molar-refractivity contribution < 1.29 is 13.2 Å². The van der Waals surface area contributed by atoms with Crippen LogP contribution in [0, 0.1) is 17.5 Å². The number of hydrogen-bond acceptors (Lipinski definition) is 1. The molecule has 1 heterocycles. The van der Waals surface area contributed by atoms with Crippen molar-refractivity contribution >= 4 is 12.4 Å². The first-order chi connectivity index (χ1) is 6.18. The van der Waals surface area contributed by atoms with Crippen molar-refractivity contribution in [3.05, 3.63) is 35.1 Å². The van der Waals surface area contributed by atoms with E-state index in [9.17, 15) is 13.2 Å². The van der Waals surface area contributed by atoms with Crippen molar-refractivity contribution in [3.8, 4) is 0 Å². The molecule has 78 valence electrons. The van der Waals surface area contributed by atoms with Gasteiger partial charge in [0.25, 0.3) is 0 Å². The van der Waals surface area contributed by atoms with E-state index in [1.165, 1.54) is 0 Å². The highest BCUT2D eigenvalue weighted by molar-refractivity contribution is 5.85. The Labute approximate surface area is 85.7 Å². The van der Waals surface area contributed by atoms with E-state index < -0.39 is 17.5 Å². The van der Waals surface area contributed by atoms with E-state index in [1.807, 2.05) is 0 Å². The molecule has 0 atom stereocenters. The number of hydrogen-bond donors (Lipinski definition) is 1. The normalized spacial score (nSPS) is 15.9. The zero-order chi connectivity index (χ0) is 9.42. The summed E-state index contributed by atoms with van der Waals surface area (Å²) >= 11 is 0. The Morgan fingerprint density at radius 1 is 1.07 bits per heavy atom. The van der Waals surface area contributed by atoms with E-state index in [0.717, 1.165) is 12.1 Å². The summed E-state index contributed by atoms with van der Waals surface area (Å²) in [7, 11) is 0. The molecule has 1 aliphatic heterocycles. The molecule has 0 aliphatic carbocycles. The monoisotopic (exact) mass is 223 g/mol. The average Bonchev–Trinajstić information content (AvgIpc) is 1.96. The predicted octanol–water partition coefficient (Wildman–Crippen LogP) is 2.21. The standard InChI is InChI=1S/C9H8F3N.ClH/c10-7-1-5(6-3-13-4-6)2-8(11)9(7)12;/h1-2,6,13H,3-4H2;1H. The summed E-state index contributed by atoms with van der Waals surface area (Å²) in [6, 6.07) is 2.12. The van der Waals surface area contributed by atoms with Crippen LogP contribution < -0.4 is 5.32 Å². The van der Waals surface area contributed by atoms with Gasteiger partial charge in [-0.05, 0) is 17.7 Å². The molecule has 0 radical (unpaired) electrons. The molecule has 0 bridgehead atoms. The van der Waals surface area contributed by atoms with Crippen LogP contribution in [0.5, 0.6) is 0 Å². The van der Waals surface area contributed by atoms with E-state index in [4.69, 9.17) is 0 Å². The summed E-state index contributed by atoms with van der Waals surface area (Å²) < 4.78 is 38.0. The molecule has 0 aromatic heterocycles. The molecule has 2 rings (SSSR count). The third-order valence-corrected chi connectivity index (χ3v) is 2.26. The van der Waals surface area contributed by atoms with Gasteiger partial charge >= 0.3 is 0 Å². The Bertz CT molecular complexity index is 316. The molecule has 0 saturated carbocycles. The van der Waals surface area contributed by atoms with Gasteiger partial charge in [-0.15, -0.1) is 12.4 Å². The third kappa shape index (κ3) is 1.86. The van der Waals surface area contributed by atoms with Crippen LogP contribution in [0.2, 0.25) is 0 Å². The van der Waals surface area contributed by atoms with Crippen molar-refractivity contribution in [2.24, 2.45) is 0 Å². The quantitative estimate of drug-likeness (QED) is 0.720. The molecule has 0 amide bonds. The van der Waals surface area contributed by atoms with Gasteiger partial charge in [-0.1, -0.05) is 0 Å². The summed E-state index contributed by atoms with van der Waals surface area (Å²) in [5.74, 6) is -3.50. The molecule has 14 heavy (non-hydrogen) atoms. The van der Waals surface area contributed by atoms with E-state index in [0.29, 0.717) is 18.7 Å². The molecule has 1 aromatic rings. The van der Waals surface area contributed by atoms with Crippen molar-refractivity contribution in [1.29, 1.82) is 0 Å². The van der Waals surface area contributed by atoms with Crippen LogP contribution in [0.1, 0.15) is 11.5 Å². The van der Waals surface area contributed by atoms with Crippen LogP contribution >= 0.6 is 12.4 Å². The zero-order valence-electron chi connectivity index (χ0n) is 7.19. The van der Waals surface area contributed by atoms with Gasteiger partial charge in [-0.25, -0.2) is 13.2 Å². The highest BCUT2D eigenvalue weighted by atomic mass is 35.5. The lowest BCUT2D eigenvalue weighted by Crippen LogP contribution is -2.40. The topological polar surface area (TPSA) is 12.0 Å². The Morgan fingerprint density at radius 3 is 1.93 bits per heavy atom. The number of benzene rings is 1. The molecule has 5 heteroatoms. The minimum atomic E-state index is -1.39. The fourth-order valence-corrected chi connectivity index (χ4v) is 1.34. The fraction of sp³-hybridized carbons (Fsp3) is 0.333. The second-order valence-electron chi connectivity index (χ2n) is 3.15. The third-order valence-electron chi connectivity index (χ3n) is 2.26. The lowest BCUT2D eigenvalue weighted by Gasteiger charge is -2.27. The van der Waals surface area contributed by atoms with Gasteiger partial charge < -0.3 is 5.32 Å². The molecule has 1 N–H and O–H groups in total. The van der Waals surface area contributed by atoms with Crippen molar-refractivity contribution in [2.45, 2.75) is 5.92 Å². The van der Waals surface area contributed by atoms with Gasteiger partial charge in [0, 0.05) is 19.0 Å². The largest absolute Gasteiger partial charge is 0.315 e. The summed E-state index contributed by atoms with van der Waals surface area (Å²) in [4.78, 5) is 0. The fourth-order valence-electron chi connectivity index (χ4n) is 1.34. The molecule has 1 aromatic carbocycles. The SMILES string of the molecule is Cl.Fc1cc(C2CNC2)cc(F)c1F. The highest BCUT2D eigenvalue weighted by Crippen LogP contribution is 2.23. The molecular weight excluding hydrogens is 215 g/mol. The van der Waals surface area contributed by atoms with Gasteiger partial charge in [-0.3, -0.25) is 0 Å². The summed E-state index contributed by atoms with van der Waals surface area (Å²) in [6.45, 7) is 1.40. The maximum Gasteiger partial charge on any atom is 0.194 e. The molecule has 0 spiro atoms. The van der Waals surface area contributed by atoms with Crippen LogP contribution in [0.4, 0.5) is 13.2 Å². The first-order valence-corrected chi connectivity index (χ1v) is 4.03. The van der Waals surface area contributed by atoms with Gasteiger partial charge in [0.1, 0.15) is 0 Å². The second kappa shape index (κ2) is 4.19. The van der Waals surface area contributed by atoms with Crippen LogP contribution in [0.25, 0.3) is 0 Å². The number of rotatable bonds is 1. The number of halogens is 4. The zero-order valence-corrected chi connectivity index (χ0v) is 8.00. The van der Waals surface area contributed by atoms with E-state index in [-0.39, 0.29) is 18.3 Å². The van der Waals surface area contributed by atoms with Crippen LogP contribution in [-0.4, -0.2) is 13.1 Å². The molecule has 0 unspecified atom stereocenters. The summed E-state index contributed by atoms with van der Waals surface area (Å²) in [5, 5.41) is 2.97. The van der Waals surface area contributed by atoms with Crippen LogP contribution in [0.3, 0.4) is 0 Å². The van der Waals surface area contributed by atoms with Crippen molar-refractivity contribution in [2.75, 3.05) is 13.1 Å². The molecule has 1 saturated heterocycles. The van der Waals surface area contributed by atoms with Gasteiger partial charge in [-0.2, -0.15) is 0 Å². The minimum Gasteiger partial charge on any atom is -0.315 e. The van der Waals surface area contributed by atoms with E-state index in [1.54, 1.807) is 0 Å². The summed E-state index contributed by atoms with van der Waals surface area (Å²) in [5.41, 5.74) is 0.523. The van der Waals surface area contributed by atoms with Crippen LogP contribution in [-0.2, 0) is 0 Å². The number of nitrogens with one attached hydrogen (secondary N) is 1. The minimum absolute atomic E-state index is 0. The van der Waals surface area contributed by atoms with Gasteiger partial charge in [0.05, 0.1) is 0 Å². The van der Waals surface area contributed by atoms with Crippen molar-refractivity contribution in [3.63, 3.8) is 0 Å². The lowest BCUT2D eigenvalue weighted by atomic mass is 9.93. The Hall–Kier alpha value is -0.740. The Balaban J connectivity index is 0.000000980. The van der Waals surface area contributed by atoms with E-state index >= 15 is 0 Å². The summed E-state index contributed by atoms with van der Waals surface area (Å²) in [6.07, 6.45) is 0. The Kier molecular flexibility index (Phi) is 3.39. The maximum atomic E-state index is 12.7. The molecule has 1 aliphatic rings. The lowest BCUT2D eigenvalue weighted by molar-refractivity contribution is 0.422. The molecule has 1 nitrogen and oxygen atoms in total. The molecular formula is C9H9ClF3N. The molecule has 1 fully saturated rings. The van der Waals surface area contributed by atoms with Crippen LogP contribution in [0.15, 0.2) is 12.1 Å². The van der Waals surface area contributed by atoms with Gasteiger partial charge in [0.15, 0.2) is 17.5 Å². The maximum absolute atomic E-state index is 12.7. The first-order valence-electron chi connectivity index (χ1n) is 4.03.